The van der Waals surface area contributed by atoms with Crippen LogP contribution in [-0.2, 0) is 20.4 Å². The third-order valence-corrected chi connectivity index (χ3v) is 8.11. The van der Waals surface area contributed by atoms with Gasteiger partial charge in [0, 0.05) is 41.1 Å². The van der Waals surface area contributed by atoms with Gasteiger partial charge in [0.25, 0.3) is 0 Å². The minimum Gasteiger partial charge on any atom is -0.481 e. The van der Waals surface area contributed by atoms with Crippen LogP contribution in [0.3, 0.4) is 0 Å². The molecule has 0 fully saturated rings. The molecule has 4 rings (SSSR count). The molecule has 0 radical (unpaired) electrons. The molecular weight excluding hydrogens is 542 g/mol. The lowest BCUT2D eigenvalue weighted by molar-refractivity contribution is -0.436. The molecule has 0 saturated carbocycles. The molecule has 216 valence electrons. The Morgan fingerprint density at radius 1 is 0.907 bits per heavy atom. The zero-order valence-corrected chi connectivity index (χ0v) is 24.5. The predicted octanol–water partition coefficient (Wildman–Crippen LogP) is 5.44. The number of carbonyl (C=O) groups is 2. The van der Waals surface area contributed by atoms with Crippen LogP contribution in [0.25, 0.3) is 0 Å². The molecule has 0 saturated heterocycles. The first-order valence-corrected chi connectivity index (χ1v) is 13.8. The van der Waals surface area contributed by atoms with Gasteiger partial charge in [0.05, 0.1) is 46.7 Å². The topological polar surface area (TPSA) is 152 Å². The van der Waals surface area contributed by atoms with E-state index in [0.717, 1.165) is 33.9 Å². The average molecular weight is 575 g/mol. The number of rotatable bonds is 9. The van der Waals surface area contributed by atoms with Gasteiger partial charge in [-0.3, -0.25) is 9.59 Å². The number of aliphatic carboxylic acids is 2. The van der Waals surface area contributed by atoms with Gasteiger partial charge < -0.3 is 15.1 Å². The number of benzene rings is 2. The van der Waals surface area contributed by atoms with E-state index in [1.54, 1.807) is 24.3 Å². The van der Waals surface area contributed by atoms with Crippen LogP contribution in [0.4, 0.5) is 11.4 Å². The van der Waals surface area contributed by atoms with Gasteiger partial charge in [-0.25, -0.2) is 0 Å². The SMILES string of the molecule is CC1(C)C(/C=C/C(C#N)=C/C=C2/N(CCC(=O)O)c3ccc(C#N)cc3C2(C)C)=[N+](CCC(=O)O)c2ccc(C#N)cc21. The minimum absolute atomic E-state index is 0.0881. The summed E-state index contributed by atoms with van der Waals surface area (Å²) in [6.07, 6.45) is 6.83. The molecule has 2 N–H and O–H groups in total. The summed E-state index contributed by atoms with van der Waals surface area (Å²) in [4.78, 5) is 24.8. The van der Waals surface area contributed by atoms with Crippen LogP contribution in [0.15, 0.2) is 72.0 Å². The molecule has 2 aromatic carbocycles. The van der Waals surface area contributed by atoms with E-state index in [4.69, 9.17) is 0 Å². The molecular formula is C34H32N5O4+. The number of allylic oxidation sites excluding steroid dienone is 6. The smallest absolute Gasteiger partial charge is 0.309 e. The molecule has 9 nitrogen and oxygen atoms in total. The van der Waals surface area contributed by atoms with Crippen LogP contribution in [0.1, 0.15) is 62.8 Å². The third-order valence-electron chi connectivity index (χ3n) is 8.11. The zero-order chi connectivity index (χ0) is 31.5. The van der Waals surface area contributed by atoms with Gasteiger partial charge in [0.2, 0.25) is 5.69 Å². The van der Waals surface area contributed by atoms with Gasteiger partial charge in [-0.15, -0.1) is 0 Å². The third kappa shape index (κ3) is 5.82. The first kappa shape index (κ1) is 30.5. The van der Waals surface area contributed by atoms with Crippen molar-refractivity contribution in [2.75, 3.05) is 18.0 Å². The average Bonchev–Trinajstić information content (AvgIpc) is 3.32. The summed E-state index contributed by atoms with van der Waals surface area (Å²) < 4.78 is 1.92. The van der Waals surface area contributed by atoms with E-state index in [1.165, 1.54) is 0 Å². The first-order chi connectivity index (χ1) is 20.3. The molecule has 2 aliphatic heterocycles. The van der Waals surface area contributed by atoms with Crippen LogP contribution < -0.4 is 4.90 Å². The molecule has 0 unspecified atom stereocenters. The summed E-state index contributed by atoms with van der Waals surface area (Å²) in [6, 6.07) is 17.3. The number of fused-ring (bicyclic) bond motifs is 2. The quantitative estimate of drug-likeness (QED) is 0.228. The van der Waals surface area contributed by atoms with E-state index in [9.17, 15) is 35.6 Å². The molecule has 0 atom stereocenters. The minimum atomic E-state index is -0.929. The Kier molecular flexibility index (Phi) is 8.37. The zero-order valence-electron chi connectivity index (χ0n) is 24.5. The largest absolute Gasteiger partial charge is 0.481 e. The van der Waals surface area contributed by atoms with Crippen molar-refractivity contribution in [1.29, 1.82) is 15.8 Å². The van der Waals surface area contributed by atoms with Crippen molar-refractivity contribution < 1.29 is 24.4 Å². The number of carboxylic acid groups (broad SMARTS) is 2. The van der Waals surface area contributed by atoms with Crippen LogP contribution in [-0.4, -0.2) is 45.5 Å². The van der Waals surface area contributed by atoms with E-state index >= 15 is 0 Å². The number of hydrogen-bond acceptors (Lipinski definition) is 6. The summed E-state index contributed by atoms with van der Waals surface area (Å²) >= 11 is 0. The lowest BCUT2D eigenvalue weighted by Crippen LogP contribution is -2.28. The predicted molar refractivity (Wildman–Crippen MR) is 161 cm³/mol. The van der Waals surface area contributed by atoms with Gasteiger partial charge in [0.15, 0.2) is 12.3 Å². The lowest BCUT2D eigenvalue weighted by atomic mass is 9.80. The maximum Gasteiger partial charge on any atom is 0.309 e. The van der Waals surface area contributed by atoms with E-state index in [0.29, 0.717) is 16.7 Å². The van der Waals surface area contributed by atoms with Crippen molar-refractivity contribution in [3.8, 4) is 18.2 Å². The standard InChI is InChI=1S/C34H31N5O4/c1-33(2)25-17-23(20-36)5-9-27(25)38(15-13-31(40)41)29(33)11-7-22(19-35)8-12-30-34(3,4)26-18-24(21-37)6-10-28(26)39(30)16-14-32(42)43/h5-12,17-18H,13-16H2,1-4H3,(H-,40,41,42,43)/p+1. The maximum atomic E-state index is 11.4. The molecule has 0 spiro atoms. The fourth-order valence-corrected chi connectivity index (χ4v) is 5.85. The van der Waals surface area contributed by atoms with Crippen molar-refractivity contribution in [2.45, 2.75) is 51.4 Å². The van der Waals surface area contributed by atoms with Gasteiger partial charge in [0.1, 0.15) is 6.42 Å². The van der Waals surface area contributed by atoms with Crippen molar-refractivity contribution >= 4 is 29.0 Å². The Labute approximate surface area is 250 Å². The Morgan fingerprint density at radius 3 is 2.14 bits per heavy atom. The number of hydrogen-bond donors (Lipinski definition) is 2. The van der Waals surface area contributed by atoms with Crippen LogP contribution in [0, 0.1) is 34.0 Å². The molecule has 2 aliphatic rings. The maximum absolute atomic E-state index is 11.4. The highest BCUT2D eigenvalue weighted by Crippen LogP contribution is 2.48. The van der Waals surface area contributed by atoms with Gasteiger partial charge in [-0.1, -0.05) is 13.8 Å². The molecule has 43 heavy (non-hydrogen) atoms. The Balaban J connectivity index is 1.76. The lowest BCUT2D eigenvalue weighted by Gasteiger charge is -2.26. The van der Waals surface area contributed by atoms with Crippen molar-refractivity contribution in [2.24, 2.45) is 0 Å². The number of nitriles is 3. The van der Waals surface area contributed by atoms with E-state index < -0.39 is 22.8 Å². The van der Waals surface area contributed by atoms with Gasteiger partial charge >= 0.3 is 11.9 Å². The number of carboxylic acids is 2. The van der Waals surface area contributed by atoms with Crippen LogP contribution in [0.2, 0.25) is 0 Å². The highest BCUT2D eigenvalue weighted by molar-refractivity contribution is 6.03. The first-order valence-electron chi connectivity index (χ1n) is 13.8. The van der Waals surface area contributed by atoms with E-state index in [1.807, 2.05) is 73.6 Å². The second kappa shape index (κ2) is 11.8. The second-order valence-corrected chi connectivity index (χ2v) is 11.5. The van der Waals surface area contributed by atoms with Crippen molar-refractivity contribution in [3.05, 3.63) is 94.2 Å². The summed E-state index contributed by atoms with van der Waals surface area (Å²) in [5, 5.41) is 47.7. The van der Waals surface area contributed by atoms with Crippen molar-refractivity contribution in [1.82, 2.24) is 0 Å². The monoisotopic (exact) mass is 574 g/mol. The highest BCUT2D eigenvalue weighted by atomic mass is 16.4. The number of anilines is 1. The van der Waals surface area contributed by atoms with Crippen LogP contribution >= 0.6 is 0 Å². The molecule has 9 heteroatoms. The molecule has 2 heterocycles. The second-order valence-electron chi connectivity index (χ2n) is 11.5. The molecule has 0 amide bonds. The van der Waals surface area contributed by atoms with E-state index in [2.05, 4.69) is 18.2 Å². The summed E-state index contributed by atoms with van der Waals surface area (Å²) in [6.45, 7) is 8.45. The van der Waals surface area contributed by atoms with Crippen molar-refractivity contribution in [3.63, 3.8) is 0 Å². The summed E-state index contributed by atoms with van der Waals surface area (Å²) in [7, 11) is 0. The normalized spacial score (nSPS) is 17.4. The molecule has 0 bridgehead atoms. The molecule has 0 aliphatic carbocycles. The van der Waals surface area contributed by atoms with Gasteiger partial charge in [-0.05, 0) is 68.0 Å². The Morgan fingerprint density at radius 2 is 1.53 bits per heavy atom. The van der Waals surface area contributed by atoms with Gasteiger partial charge in [-0.2, -0.15) is 20.4 Å². The molecule has 0 aromatic heterocycles. The summed E-state index contributed by atoms with van der Waals surface area (Å²) in [5.41, 5.74) is 5.29. The van der Waals surface area contributed by atoms with Crippen LogP contribution in [0.5, 0.6) is 0 Å². The number of nitrogens with zero attached hydrogens (tertiary/aromatic N) is 5. The molecule has 2 aromatic rings. The Bertz CT molecular complexity index is 1770. The Hall–Kier alpha value is -5.46. The summed E-state index contributed by atoms with van der Waals surface area (Å²) in [5.74, 6) is -1.86. The fourth-order valence-electron chi connectivity index (χ4n) is 5.85. The highest BCUT2D eigenvalue weighted by Gasteiger charge is 2.44. The van der Waals surface area contributed by atoms with E-state index in [-0.39, 0.29) is 25.9 Å². The fraction of sp³-hybridized carbons (Fsp3) is 0.294.